The van der Waals surface area contributed by atoms with Gasteiger partial charge in [-0.2, -0.15) is 0 Å². The highest BCUT2D eigenvalue weighted by Gasteiger charge is 2.44. The number of hydrogen-bond acceptors (Lipinski definition) is 2. The molecule has 8 aromatic carbocycles. The number of nitrogens with zero attached hydrogens (tertiary/aromatic N) is 2. The van der Waals surface area contributed by atoms with E-state index in [9.17, 15) is 0 Å². The number of benzene rings is 8. The van der Waals surface area contributed by atoms with E-state index >= 15 is 0 Å². The van der Waals surface area contributed by atoms with E-state index < -0.39 is 5.92 Å². The van der Waals surface area contributed by atoms with Crippen LogP contribution < -0.4 is 26.2 Å². The van der Waals surface area contributed by atoms with E-state index in [-0.39, 0.29) is 42.8 Å². The SMILES string of the molecule is [2H]c1c([2H])c([2H])c(C2c3ccccc3C(c3cc4c5c(c3)N(c3ccccc3)c3ccccc3B5c3ccccc3N4c3ccccc3)c3ccccc32)c([2H])c1[2H]. The van der Waals surface area contributed by atoms with E-state index in [1.807, 2.05) is 12.1 Å². The van der Waals surface area contributed by atoms with Crippen molar-refractivity contribution < 1.29 is 6.85 Å². The van der Waals surface area contributed by atoms with Gasteiger partial charge in [-0.1, -0.05) is 152 Å². The first kappa shape index (κ1) is 25.4. The molecule has 0 radical (unpaired) electrons. The molecule has 2 heterocycles. The van der Waals surface area contributed by atoms with Crippen LogP contribution in [0, 0.1) is 0 Å². The van der Waals surface area contributed by atoms with Gasteiger partial charge in [-0.15, -0.1) is 0 Å². The fraction of sp³-hybridized carbons (Fsp3) is 0.0400. The Labute approximate surface area is 318 Å². The van der Waals surface area contributed by atoms with Crippen LogP contribution in [-0.4, -0.2) is 6.71 Å². The molecule has 0 bridgehead atoms. The van der Waals surface area contributed by atoms with Crippen LogP contribution in [0.4, 0.5) is 34.1 Å². The maximum atomic E-state index is 9.09. The molecule has 0 atom stereocenters. The molecular weight excluding hydrogens is 639 g/mol. The minimum Gasteiger partial charge on any atom is -0.311 e. The first-order chi connectivity index (χ1) is 28.4. The smallest absolute Gasteiger partial charge is 0.252 e. The second-order valence-electron chi connectivity index (χ2n) is 14.0. The molecule has 8 aromatic rings. The van der Waals surface area contributed by atoms with Crippen LogP contribution in [0.3, 0.4) is 0 Å². The summed E-state index contributed by atoms with van der Waals surface area (Å²) < 4.78 is 43.8. The lowest BCUT2D eigenvalue weighted by Gasteiger charge is -2.45. The maximum absolute atomic E-state index is 9.09. The molecule has 248 valence electrons. The van der Waals surface area contributed by atoms with Crippen LogP contribution in [0.5, 0.6) is 0 Å². The molecule has 3 aliphatic rings. The molecule has 3 heteroatoms. The first-order valence-corrected chi connectivity index (χ1v) is 18.2. The zero-order chi connectivity index (χ0) is 39.2. The fourth-order valence-corrected chi connectivity index (χ4v) is 9.28. The zero-order valence-corrected chi connectivity index (χ0v) is 28.8. The Kier molecular flexibility index (Phi) is 5.75. The molecule has 53 heavy (non-hydrogen) atoms. The van der Waals surface area contributed by atoms with Crippen molar-refractivity contribution in [1.29, 1.82) is 0 Å². The molecular formula is C50H35BN2. The van der Waals surface area contributed by atoms with Crippen molar-refractivity contribution in [3.8, 4) is 0 Å². The van der Waals surface area contributed by atoms with E-state index in [0.29, 0.717) is 5.56 Å². The molecule has 0 fully saturated rings. The van der Waals surface area contributed by atoms with Crippen molar-refractivity contribution in [2.45, 2.75) is 11.8 Å². The standard InChI is InChI=1S/C50H35BN2/c1-4-18-34(19-5-1)48-38-24-10-12-26-40(38)49(41-27-13-11-25-39(41)48)35-32-46-50-47(33-35)53(37-22-8-3-9-23-37)45-31-17-15-29-43(45)51(50)42-28-14-16-30-44(42)52(46)36-20-6-2-7-21-36/h1-33,48-49H/i1D,4D,5D,18D,19D. The lowest BCUT2D eigenvalue weighted by Crippen LogP contribution is -2.61. The third-order valence-corrected chi connectivity index (χ3v) is 11.3. The molecule has 0 amide bonds. The predicted octanol–water partition coefficient (Wildman–Crippen LogP) is 10.4. The number of fused-ring (bicyclic) bond motifs is 6. The number of rotatable bonds is 4. The largest absolute Gasteiger partial charge is 0.311 e. The molecule has 2 nitrogen and oxygen atoms in total. The van der Waals surface area contributed by atoms with E-state index in [0.717, 1.165) is 61.9 Å². The summed E-state index contributed by atoms with van der Waals surface area (Å²) in [6.07, 6.45) is 0. The summed E-state index contributed by atoms with van der Waals surface area (Å²) in [5.41, 5.74) is 15.8. The Morgan fingerprint density at radius 3 is 1.26 bits per heavy atom. The van der Waals surface area contributed by atoms with Gasteiger partial charge >= 0.3 is 0 Å². The third-order valence-electron chi connectivity index (χ3n) is 11.3. The highest BCUT2D eigenvalue weighted by Crippen LogP contribution is 2.51. The summed E-state index contributed by atoms with van der Waals surface area (Å²) in [6.45, 7) is -0.00854. The molecule has 1 aliphatic carbocycles. The summed E-state index contributed by atoms with van der Waals surface area (Å²) in [5, 5.41) is 0. The summed E-state index contributed by atoms with van der Waals surface area (Å²) in [5.74, 6) is -0.781. The van der Waals surface area contributed by atoms with Crippen LogP contribution >= 0.6 is 0 Å². The average Bonchev–Trinajstić information content (AvgIpc) is 3.27. The average molecular weight is 680 g/mol. The van der Waals surface area contributed by atoms with Crippen LogP contribution in [-0.2, 0) is 0 Å². The molecule has 0 unspecified atom stereocenters. The van der Waals surface area contributed by atoms with Crippen molar-refractivity contribution in [2.24, 2.45) is 0 Å². The number of anilines is 6. The van der Waals surface area contributed by atoms with Gasteiger partial charge in [-0.25, -0.2) is 0 Å². The molecule has 0 spiro atoms. The predicted molar refractivity (Wildman–Crippen MR) is 222 cm³/mol. The lowest BCUT2D eigenvalue weighted by molar-refractivity contribution is 0.822. The second kappa shape index (κ2) is 12.0. The van der Waals surface area contributed by atoms with Crippen molar-refractivity contribution in [3.63, 3.8) is 0 Å². The summed E-state index contributed by atoms with van der Waals surface area (Å²) in [6, 6.07) is 58.7. The Morgan fingerprint density at radius 2 is 0.792 bits per heavy atom. The Balaban J connectivity index is 1.23. The quantitative estimate of drug-likeness (QED) is 0.171. The van der Waals surface area contributed by atoms with E-state index in [1.165, 1.54) is 16.4 Å². The van der Waals surface area contributed by atoms with Gasteiger partial charge in [0.25, 0.3) is 6.71 Å². The molecule has 11 rings (SSSR count). The van der Waals surface area contributed by atoms with Crippen molar-refractivity contribution in [2.75, 3.05) is 9.80 Å². The van der Waals surface area contributed by atoms with E-state index in [2.05, 4.69) is 168 Å². The zero-order valence-electron chi connectivity index (χ0n) is 33.8. The van der Waals surface area contributed by atoms with Crippen molar-refractivity contribution in [3.05, 3.63) is 233 Å². The molecule has 0 saturated carbocycles. The van der Waals surface area contributed by atoms with Gasteiger partial charge in [-0.3, -0.25) is 0 Å². The van der Waals surface area contributed by atoms with Gasteiger partial charge in [0.1, 0.15) is 0 Å². The first-order valence-electron chi connectivity index (χ1n) is 20.7. The highest BCUT2D eigenvalue weighted by atomic mass is 15.2. The van der Waals surface area contributed by atoms with Crippen LogP contribution in [0.15, 0.2) is 200 Å². The van der Waals surface area contributed by atoms with E-state index in [4.69, 9.17) is 6.85 Å². The Morgan fingerprint density at radius 1 is 0.396 bits per heavy atom. The highest BCUT2D eigenvalue weighted by molar-refractivity contribution is 7.00. The van der Waals surface area contributed by atoms with Crippen molar-refractivity contribution >= 4 is 57.2 Å². The minimum atomic E-state index is -0.557. The maximum Gasteiger partial charge on any atom is 0.252 e. The van der Waals surface area contributed by atoms with Gasteiger partial charge < -0.3 is 9.80 Å². The lowest BCUT2D eigenvalue weighted by atomic mass is 9.33. The van der Waals surface area contributed by atoms with Gasteiger partial charge in [0.2, 0.25) is 0 Å². The molecule has 0 N–H and O–H groups in total. The summed E-state index contributed by atoms with van der Waals surface area (Å²) >= 11 is 0. The third kappa shape index (κ3) is 4.54. The molecule has 0 aromatic heterocycles. The normalized spacial score (nSPS) is 17.5. The fourth-order valence-electron chi connectivity index (χ4n) is 9.28. The summed E-state index contributed by atoms with van der Waals surface area (Å²) in [7, 11) is 0. The number of hydrogen-bond donors (Lipinski definition) is 0. The van der Waals surface area contributed by atoms with Gasteiger partial charge in [-0.05, 0) is 98.3 Å². The molecule has 2 aliphatic heterocycles. The van der Waals surface area contributed by atoms with Crippen LogP contribution in [0.2, 0.25) is 0 Å². The van der Waals surface area contributed by atoms with Gasteiger partial charge in [0, 0.05) is 46.0 Å². The monoisotopic (exact) mass is 679 g/mol. The van der Waals surface area contributed by atoms with Gasteiger partial charge in [0.15, 0.2) is 0 Å². The molecule has 0 saturated heterocycles. The van der Waals surface area contributed by atoms with Crippen LogP contribution in [0.25, 0.3) is 0 Å². The minimum absolute atomic E-state index is 0.00854. The van der Waals surface area contributed by atoms with Crippen molar-refractivity contribution in [1.82, 2.24) is 0 Å². The van der Waals surface area contributed by atoms with E-state index in [1.54, 1.807) is 0 Å². The Hall–Kier alpha value is -6.58. The summed E-state index contributed by atoms with van der Waals surface area (Å²) in [4.78, 5) is 4.84. The number of para-hydroxylation sites is 4. The van der Waals surface area contributed by atoms with Crippen LogP contribution in [0.1, 0.15) is 52.1 Å². The Bertz CT molecular complexity index is 2770. The second-order valence-corrected chi connectivity index (χ2v) is 14.0. The van der Waals surface area contributed by atoms with Gasteiger partial charge in [0.05, 0.1) is 6.85 Å². The topological polar surface area (TPSA) is 6.48 Å².